The number of anilines is 1. The average Bonchev–Trinajstić information content (AvgIpc) is 3.42. The number of hydrogen-bond acceptors (Lipinski definition) is 5. The van der Waals surface area contributed by atoms with Crippen LogP contribution >= 0.6 is 0 Å². The summed E-state index contributed by atoms with van der Waals surface area (Å²) in [6.45, 7) is 1.29. The molecule has 3 N–H and O–H groups in total. The molecular weight excluding hydrogens is 377 g/mol. The average molecular weight is 399 g/mol. The molecule has 5 rings (SSSR count). The highest BCUT2D eigenvalue weighted by Gasteiger charge is 2.35. The van der Waals surface area contributed by atoms with Crippen LogP contribution in [0.2, 0.25) is 0 Å². The molecule has 0 amide bonds. The van der Waals surface area contributed by atoms with Crippen LogP contribution in [-0.4, -0.2) is 35.0 Å². The summed E-state index contributed by atoms with van der Waals surface area (Å²) in [6.07, 6.45) is 5.81. The van der Waals surface area contributed by atoms with Gasteiger partial charge in [-0.3, -0.25) is 4.79 Å². The molecule has 1 aromatic heterocycles. The predicted molar refractivity (Wildman–Crippen MR) is 106 cm³/mol. The number of ether oxygens (including phenoxy) is 1. The number of benzene rings is 1. The lowest BCUT2D eigenvalue weighted by molar-refractivity contribution is 0.143. The summed E-state index contributed by atoms with van der Waals surface area (Å²) in [6, 6.07) is 3.16. The molecule has 8 heteroatoms. The van der Waals surface area contributed by atoms with E-state index in [1.165, 1.54) is 17.8 Å². The molecule has 2 aliphatic carbocycles. The van der Waals surface area contributed by atoms with Crippen molar-refractivity contribution in [3.8, 4) is 5.75 Å². The van der Waals surface area contributed by atoms with E-state index in [0.29, 0.717) is 24.3 Å². The summed E-state index contributed by atoms with van der Waals surface area (Å²) < 4.78 is 21.6. The molecular formula is C21H22FN3O4. The van der Waals surface area contributed by atoms with Crippen molar-refractivity contribution in [2.75, 3.05) is 18.0 Å². The zero-order valence-electron chi connectivity index (χ0n) is 15.8. The van der Waals surface area contributed by atoms with Crippen molar-refractivity contribution < 1.29 is 19.0 Å². The van der Waals surface area contributed by atoms with Crippen molar-refractivity contribution in [3.05, 3.63) is 46.0 Å². The zero-order valence-corrected chi connectivity index (χ0v) is 15.8. The maximum absolute atomic E-state index is 15.1. The minimum Gasteiger partial charge on any atom is -0.449 e. The van der Waals surface area contributed by atoms with Crippen molar-refractivity contribution in [2.45, 2.75) is 37.8 Å². The fourth-order valence-electron chi connectivity index (χ4n) is 4.63. The molecule has 1 aromatic carbocycles. The molecule has 0 bridgehead atoms. The maximum Gasteiger partial charge on any atom is 0.511 e. The van der Waals surface area contributed by atoms with Crippen LogP contribution in [0.5, 0.6) is 5.75 Å². The fraction of sp³-hybridized carbons (Fsp3) is 0.429. The van der Waals surface area contributed by atoms with Crippen LogP contribution < -0.4 is 20.8 Å². The van der Waals surface area contributed by atoms with Crippen molar-refractivity contribution in [1.82, 2.24) is 4.57 Å². The van der Waals surface area contributed by atoms with Crippen LogP contribution in [0.15, 0.2) is 34.8 Å². The normalized spacial score (nSPS) is 23.8. The third-order valence-corrected chi connectivity index (χ3v) is 6.24. The summed E-state index contributed by atoms with van der Waals surface area (Å²) in [4.78, 5) is 25.6. The van der Waals surface area contributed by atoms with E-state index < -0.39 is 17.4 Å². The van der Waals surface area contributed by atoms with Gasteiger partial charge in [-0.2, -0.15) is 0 Å². The van der Waals surface area contributed by atoms with E-state index in [-0.39, 0.29) is 29.1 Å². The van der Waals surface area contributed by atoms with E-state index >= 15 is 4.39 Å². The molecule has 2 heterocycles. The number of fused-ring (bicyclic) bond motifs is 2. The third kappa shape index (κ3) is 3.07. The first kappa shape index (κ1) is 18.2. The Hall–Kier alpha value is -2.87. The number of allylic oxidation sites excluding steroid dienone is 1. The minimum absolute atomic E-state index is 0.0869. The van der Waals surface area contributed by atoms with Crippen molar-refractivity contribution in [1.29, 1.82) is 0 Å². The van der Waals surface area contributed by atoms with E-state index in [9.17, 15) is 9.59 Å². The molecule has 2 fully saturated rings. The largest absolute Gasteiger partial charge is 0.511 e. The predicted octanol–water partition coefficient (Wildman–Crippen LogP) is 3.02. The van der Waals surface area contributed by atoms with Crippen LogP contribution in [-0.2, 0) is 0 Å². The van der Waals surface area contributed by atoms with E-state index in [2.05, 4.69) is 10.8 Å². The lowest BCUT2D eigenvalue weighted by atomic mass is 9.86. The van der Waals surface area contributed by atoms with Crippen molar-refractivity contribution in [2.24, 2.45) is 11.7 Å². The van der Waals surface area contributed by atoms with Gasteiger partial charge in [0.25, 0.3) is 0 Å². The molecule has 0 spiro atoms. The Morgan fingerprint density at radius 1 is 1.28 bits per heavy atom. The Morgan fingerprint density at radius 2 is 2.07 bits per heavy atom. The van der Waals surface area contributed by atoms with Crippen LogP contribution in [0.4, 0.5) is 14.9 Å². The van der Waals surface area contributed by atoms with Gasteiger partial charge >= 0.3 is 6.16 Å². The molecule has 1 aliphatic heterocycles. The Kier molecular flexibility index (Phi) is 4.13. The first-order valence-corrected chi connectivity index (χ1v) is 9.91. The molecule has 1 saturated heterocycles. The summed E-state index contributed by atoms with van der Waals surface area (Å²) in [5.74, 6) is -0.569. The fourth-order valence-corrected chi connectivity index (χ4v) is 4.63. The quantitative estimate of drug-likeness (QED) is 0.608. The number of hydrogen-bond donors (Lipinski definition) is 2. The monoisotopic (exact) mass is 399 g/mol. The lowest BCUT2D eigenvalue weighted by Gasteiger charge is -2.24. The zero-order chi connectivity index (χ0) is 20.3. The number of nitrogens with two attached hydrogens (primary N) is 1. The van der Waals surface area contributed by atoms with Gasteiger partial charge < -0.3 is 25.0 Å². The Balaban J connectivity index is 1.62. The lowest BCUT2D eigenvalue weighted by Crippen LogP contribution is -2.34. The molecule has 2 aromatic rings. The summed E-state index contributed by atoms with van der Waals surface area (Å²) in [5.41, 5.74) is 7.95. The SMILES string of the molecule is NC1CCC=C2CN(c3cc4c(cc3F)c(=O)c(OC(=O)O)cn4C3CC3)CC21. The first-order valence-electron chi connectivity index (χ1n) is 9.91. The van der Waals surface area contributed by atoms with Gasteiger partial charge in [0.1, 0.15) is 5.82 Å². The molecule has 3 aliphatic rings. The van der Waals surface area contributed by atoms with Gasteiger partial charge in [0, 0.05) is 31.1 Å². The van der Waals surface area contributed by atoms with Gasteiger partial charge in [-0.05, 0) is 43.4 Å². The second-order valence-corrected chi connectivity index (χ2v) is 8.16. The van der Waals surface area contributed by atoms with Crippen LogP contribution in [0.1, 0.15) is 31.7 Å². The van der Waals surface area contributed by atoms with Gasteiger partial charge in [0.05, 0.1) is 22.8 Å². The number of carboxylic acid groups (broad SMARTS) is 1. The molecule has 0 radical (unpaired) electrons. The van der Waals surface area contributed by atoms with Crippen LogP contribution in [0.3, 0.4) is 0 Å². The van der Waals surface area contributed by atoms with Gasteiger partial charge in [0.15, 0.2) is 5.75 Å². The second kappa shape index (κ2) is 6.59. The summed E-state index contributed by atoms with van der Waals surface area (Å²) >= 11 is 0. The summed E-state index contributed by atoms with van der Waals surface area (Å²) in [7, 11) is 0. The highest BCUT2D eigenvalue weighted by molar-refractivity contribution is 5.85. The Labute approximate surface area is 166 Å². The number of pyridine rings is 1. The minimum atomic E-state index is -1.56. The van der Waals surface area contributed by atoms with Crippen molar-refractivity contribution in [3.63, 3.8) is 0 Å². The topological polar surface area (TPSA) is 97.8 Å². The molecule has 7 nitrogen and oxygen atoms in total. The molecule has 1 saturated carbocycles. The number of carbonyl (C=O) groups is 1. The number of rotatable bonds is 3. The van der Waals surface area contributed by atoms with Gasteiger partial charge in [-0.15, -0.1) is 0 Å². The van der Waals surface area contributed by atoms with Crippen molar-refractivity contribution >= 4 is 22.7 Å². The number of aromatic nitrogens is 1. The number of halogens is 1. The highest BCUT2D eigenvalue weighted by atomic mass is 19.1. The second-order valence-electron chi connectivity index (χ2n) is 8.16. The standard InChI is InChI=1S/C21H22FN3O4/c22-15-6-13-17(25(12-4-5-12)10-19(20(13)26)29-21(27)28)7-18(15)24-8-11-2-1-3-16(23)14(11)9-24/h2,6-7,10,12,14,16H,1,3-5,8-9,23H2,(H,27,28). The van der Waals surface area contributed by atoms with Gasteiger partial charge in [0.2, 0.25) is 5.43 Å². The van der Waals surface area contributed by atoms with Gasteiger partial charge in [-0.25, -0.2) is 9.18 Å². The maximum atomic E-state index is 15.1. The Morgan fingerprint density at radius 3 is 2.76 bits per heavy atom. The van der Waals surface area contributed by atoms with E-state index in [1.807, 2.05) is 9.47 Å². The van der Waals surface area contributed by atoms with E-state index in [1.54, 1.807) is 6.07 Å². The van der Waals surface area contributed by atoms with Crippen LogP contribution in [0, 0.1) is 11.7 Å². The molecule has 2 atom stereocenters. The number of nitrogens with zero attached hydrogens (tertiary/aromatic N) is 2. The Bertz CT molecular complexity index is 1110. The molecule has 152 valence electrons. The molecule has 29 heavy (non-hydrogen) atoms. The third-order valence-electron chi connectivity index (χ3n) is 6.24. The van der Waals surface area contributed by atoms with Gasteiger partial charge in [-0.1, -0.05) is 6.08 Å². The highest BCUT2D eigenvalue weighted by Crippen LogP contribution is 2.40. The molecule has 2 unspecified atom stereocenters. The summed E-state index contributed by atoms with van der Waals surface area (Å²) in [5, 5.41) is 9.04. The van der Waals surface area contributed by atoms with E-state index in [0.717, 1.165) is 25.7 Å². The van der Waals surface area contributed by atoms with E-state index in [4.69, 9.17) is 10.8 Å². The van der Waals surface area contributed by atoms with Crippen LogP contribution in [0.25, 0.3) is 10.9 Å². The smallest absolute Gasteiger partial charge is 0.449 e. The first-order chi connectivity index (χ1) is 13.9.